The lowest BCUT2D eigenvalue weighted by Crippen LogP contribution is -2.33. The predicted octanol–water partition coefficient (Wildman–Crippen LogP) is 0.0980. The lowest BCUT2D eigenvalue weighted by molar-refractivity contribution is -0.127. The van der Waals surface area contributed by atoms with Crippen LogP contribution in [0.4, 0.5) is 4.39 Å². The van der Waals surface area contributed by atoms with Gasteiger partial charge < -0.3 is 21.2 Å². The molecule has 1 aromatic carbocycles. The molecule has 0 radical (unpaired) electrons. The van der Waals surface area contributed by atoms with Crippen molar-refractivity contribution >= 4 is 11.7 Å². The molecule has 0 aromatic heterocycles. The van der Waals surface area contributed by atoms with Gasteiger partial charge in [0.2, 0.25) is 5.91 Å². The van der Waals surface area contributed by atoms with Crippen LogP contribution in [0.2, 0.25) is 0 Å². The van der Waals surface area contributed by atoms with Crippen LogP contribution in [-0.2, 0) is 11.3 Å². The van der Waals surface area contributed by atoms with Crippen molar-refractivity contribution in [1.82, 2.24) is 10.2 Å². The maximum Gasteiger partial charge on any atom is 0.236 e. The fourth-order valence-electron chi connectivity index (χ4n) is 1.46. The van der Waals surface area contributed by atoms with Gasteiger partial charge >= 0.3 is 0 Å². The highest BCUT2D eigenvalue weighted by Gasteiger charge is 2.09. The molecule has 0 aliphatic rings. The Labute approximate surface area is 110 Å². The molecule has 0 fully saturated rings. The maximum atomic E-state index is 13.1. The summed E-state index contributed by atoms with van der Waals surface area (Å²) >= 11 is 0. The second-order valence-corrected chi connectivity index (χ2v) is 4.18. The monoisotopic (exact) mass is 268 g/mol. The van der Waals surface area contributed by atoms with Gasteiger partial charge in [0.15, 0.2) is 5.84 Å². The normalized spacial score (nSPS) is 11.4. The molecule has 0 saturated carbocycles. The molecule has 6 nitrogen and oxygen atoms in total. The van der Waals surface area contributed by atoms with Crippen LogP contribution in [0.5, 0.6) is 0 Å². The van der Waals surface area contributed by atoms with Gasteiger partial charge in [-0.05, 0) is 17.7 Å². The first kappa shape index (κ1) is 14.9. The first-order chi connectivity index (χ1) is 8.95. The van der Waals surface area contributed by atoms with Gasteiger partial charge in [0.05, 0.1) is 6.54 Å². The fourth-order valence-corrected chi connectivity index (χ4v) is 1.46. The second-order valence-electron chi connectivity index (χ2n) is 4.18. The number of hydrogen-bond donors (Lipinski definition) is 3. The van der Waals surface area contributed by atoms with Gasteiger partial charge in [0.1, 0.15) is 5.82 Å². The number of nitrogens with zero attached hydrogens (tertiary/aromatic N) is 2. The maximum absolute atomic E-state index is 13.1. The van der Waals surface area contributed by atoms with Crippen LogP contribution in [0.1, 0.15) is 11.1 Å². The van der Waals surface area contributed by atoms with Gasteiger partial charge in [0, 0.05) is 26.2 Å². The zero-order chi connectivity index (χ0) is 14.4. The number of amidine groups is 1. The number of oxime groups is 1. The Bertz CT molecular complexity index is 489. The molecule has 1 aromatic rings. The van der Waals surface area contributed by atoms with E-state index in [0.29, 0.717) is 17.7 Å². The Morgan fingerprint density at radius 3 is 2.79 bits per heavy atom. The van der Waals surface area contributed by atoms with Gasteiger partial charge in [-0.2, -0.15) is 0 Å². The number of carbonyl (C=O) groups excluding carboxylic acids is 1. The number of benzene rings is 1. The first-order valence-electron chi connectivity index (χ1n) is 5.63. The van der Waals surface area contributed by atoms with Crippen LogP contribution in [0.25, 0.3) is 0 Å². The summed E-state index contributed by atoms with van der Waals surface area (Å²) in [5.74, 6) is -0.725. The summed E-state index contributed by atoms with van der Waals surface area (Å²) in [4.78, 5) is 12.8. The summed E-state index contributed by atoms with van der Waals surface area (Å²) in [5, 5.41) is 14.4. The van der Waals surface area contributed by atoms with E-state index in [4.69, 9.17) is 10.9 Å². The summed E-state index contributed by atoms with van der Waals surface area (Å²) in [6, 6.07) is 3.98. The summed E-state index contributed by atoms with van der Waals surface area (Å²) in [5.41, 5.74) is 6.41. The second kappa shape index (κ2) is 6.69. The molecule has 0 atom stereocenters. The van der Waals surface area contributed by atoms with Crippen molar-refractivity contribution in [3.05, 3.63) is 35.1 Å². The van der Waals surface area contributed by atoms with Crippen molar-refractivity contribution in [1.29, 1.82) is 0 Å². The lowest BCUT2D eigenvalue weighted by Gasteiger charge is -2.12. The Balaban J connectivity index is 2.76. The van der Waals surface area contributed by atoms with Gasteiger partial charge in [-0.15, -0.1) is 0 Å². The summed E-state index contributed by atoms with van der Waals surface area (Å²) < 4.78 is 13.1. The van der Waals surface area contributed by atoms with Gasteiger partial charge in [-0.1, -0.05) is 11.2 Å². The molecule has 0 aliphatic carbocycles. The van der Waals surface area contributed by atoms with E-state index in [1.165, 1.54) is 23.1 Å². The highest BCUT2D eigenvalue weighted by molar-refractivity contribution is 5.98. The molecule has 0 unspecified atom stereocenters. The van der Waals surface area contributed by atoms with Gasteiger partial charge in [-0.25, -0.2) is 4.39 Å². The zero-order valence-corrected chi connectivity index (χ0v) is 10.9. The van der Waals surface area contributed by atoms with Crippen LogP contribution >= 0.6 is 0 Å². The fraction of sp³-hybridized carbons (Fsp3) is 0.333. The number of nitrogens with two attached hydrogens (primary N) is 1. The largest absolute Gasteiger partial charge is 0.409 e. The molecular weight excluding hydrogens is 251 g/mol. The van der Waals surface area contributed by atoms with Gasteiger partial charge in [-0.3, -0.25) is 4.79 Å². The summed E-state index contributed by atoms with van der Waals surface area (Å²) in [7, 11) is 3.31. The molecule has 104 valence electrons. The number of rotatable bonds is 5. The van der Waals surface area contributed by atoms with E-state index in [-0.39, 0.29) is 18.3 Å². The van der Waals surface area contributed by atoms with Crippen molar-refractivity contribution < 1.29 is 14.4 Å². The molecule has 7 heteroatoms. The van der Waals surface area contributed by atoms with Crippen LogP contribution < -0.4 is 11.1 Å². The Kier molecular flexibility index (Phi) is 5.25. The van der Waals surface area contributed by atoms with Crippen LogP contribution in [0.3, 0.4) is 0 Å². The van der Waals surface area contributed by atoms with Crippen molar-refractivity contribution in [2.24, 2.45) is 10.9 Å². The smallest absolute Gasteiger partial charge is 0.236 e. The molecule has 19 heavy (non-hydrogen) atoms. The van der Waals surface area contributed by atoms with Crippen LogP contribution in [-0.4, -0.2) is 42.5 Å². The molecule has 1 amide bonds. The molecule has 1 rings (SSSR count). The minimum Gasteiger partial charge on any atom is -0.409 e. The average molecular weight is 268 g/mol. The van der Waals surface area contributed by atoms with Crippen molar-refractivity contribution in [3.8, 4) is 0 Å². The molecular formula is C12H17FN4O2. The average Bonchev–Trinajstić information content (AvgIpc) is 2.39. The van der Waals surface area contributed by atoms with E-state index < -0.39 is 5.82 Å². The number of nitrogens with one attached hydrogen (secondary N) is 1. The quantitative estimate of drug-likeness (QED) is 0.306. The predicted molar refractivity (Wildman–Crippen MR) is 69.3 cm³/mol. The molecule has 4 N–H and O–H groups in total. The van der Waals surface area contributed by atoms with Crippen molar-refractivity contribution in [3.63, 3.8) is 0 Å². The first-order valence-corrected chi connectivity index (χ1v) is 5.63. The SMILES string of the molecule is CN(C)C(=O)CNCc1ccc(F)cc1C(N)=NO. The van der Waals surface area contributed by atoms with E-state index in [2.05, 4.69) is 10.5 Å². The van der Waals surface area contributed by atoms with E-state index in [9.17, 15) is 9.18 Å². The Morgan fingerprint density at radius 1 is 1.53 bits per heavy atom. The summed E-state index contributed by atoms with van der Waals surface area (Å²) in [6.45, 7) is 0.464. The third kappa shape index (κ3) is 4.22. The van der Waals surface area contributed by atoms with Crippen LogP contribution in [0.15, 0.2) is 23.4 Å². The molecule has 0 saturated heterocycles. The number of halogens is 1. The number of amides is 1. The Morgan fingerprint density at radius 2 is 2.21 bits per heavy atom. The number of hydrogen-bond acceptors (Lipinski definition) is 4. The molecule has 0 spiro atoms. The lowest BCUT2D eigenvalue weighted by atomic mass is 10.1. The zero-order valence-electron chi connectivity index (χ0n) is 10.9. The van der Waals surface area contributed by atoms with Crippen molar-refractivity contribution in [2.75, 3.05) is 20.6 Å². The highest BCUT2D eigenvalue weighted by atomic mass is 19.1. The van der Waals surface area contributed by atoms with E-state index in [0.717, 1.165) is 0 Å². The molecule has 0 bridgehead atoms. The number of likely N-dealkylation sites (N-methyl/N-ethyl adjacent to an activating group) is 1. The van der Waals surface area contributed by atoms with Gasteiger partial charge in [0.25, 0.3) is 0 Å². The van der Waals surface area contributed by atoms with E-state index in [1.54, 1.807) is 14.1 Å². The van der Waals surface area contributed by atoms with E-state index in [1.807, 2.05) is 0 Å². The van der Waals surface area contributed by atoms with Crippen molar-refractivity contribution in [2.45, 2.75) is 6.54 Å². The molecule has 0 heterocycles. The van der Waals surface area contributed by atoms with E-state index >= 15 is 0 Å². The standard InChI is InChI=1S/C12H17FN4O2/c1-17(2)11(18)7-15-6-8-3-4-9(13)5-10(8)12(14)16-19/h3-5,15,19H,6-7H2,1-2H3,(H2,14,16). The topological polar surface area (TPSA) is 91.0 Å². The summed E-state index contributed by atoms with van der Waals surface area (Å²) in [6.07, 6.45) is 0. The molecule has 0 aliphatic heterocycles. The minimum absolute atomic E-state index is 0.0764. The van der Waals surface area contributed by atoms with Crippen LogP contribution in [0, 0.1) is 5.82 Å². The number of carbonyl (C=O) groups is 1. The highest BCUT2D eigenvalue weighted by Crippen LogP contribution is 2.11. The third-order valence-corrected chi connectivity index (χ3v) is 2.55. The minimum atomic E-state index is -0.477. The third-order valence-electron chi connectivity index (χ3n) is 2.55. The Hall–Kier alpha value is -2.15.